The fourth-order valence-corrected chi connectivity index (χ4v) is 3.93. The van der Waals surface area contributed by atoms with Crippen LogP contribution in [-0.2, 0) is 4.79 Å². The molecule has 36 heavy (non-hydrogen) atoms. The van der Waals surface area contributed by atoms with Crippen LogP contribution in [0.15, 0.2) is 107 Å². The molecule has 176 valence electrons. The highest BCUT2D eigenvalue weighted by Gasteiger charge is 2.31. The SMILES string of the molecule is O=C1C(=Cc2ccc(-c3ccc([N+](=O)[O-])cc3)o2)C=C(c2ccccc2)N1c1cccc([N+](=O)[O-])c1. The van der Waals surface area contributed by atoms with Gasteiger partial charge in [-0.25, -0.2) is 0 Å². The van der Waals surface area contributed by atoms with Crippen molar-refractivity contribution in [2.45, 2.75) is 0 Å². The van der Waals surface area contributed by atoms with E-state index in [2.05, 4.69) is 0 Å². The number of amides is 1. The molecule has 1 aliphatic rings. The number of hydrogen-bond donors (Lipinski definition) is 0. The maximum absolute atomic E-state index is 13.5. The number of nitro groups is 2. The summed E-state index contributed by atoms with van der Waals surface area (Å²) in [5.41, 5.74) is 2.57. The molecule has 1 amide bonds. The number of anilines is 1. The van der Waals surface area contributed by atoms with E-state index in [1.54, 1.807) is 42.5 Å². The van der Waals surface area contributed by atoms with Gasteiger partial charge in [-0.3, -0.25) is 29.9 Å². The Bertz CT molecular complexity index is 1550. The summed E-state index contributed by atoms with van der Waals surface area (Å²) in [6.07, 6.45) is 3.31. The van der Waals surface area contributed by atoms with E-state index in [4.69, 9.17) is 4.42 Å². The van der Waals surface area contributed by atoms with Gasteiger partial charge in [-0.05, 0) is 48.0 Å². The van der Waals surface area contributed by atoms with Crippen molar-refractivity contribution < 1.29 is 19.1 Å². The van der Waals surface area contributed by atoms with Crippen LogP contribution in [0.3, 0.4) is 0 Å². The third-order valence-corrected chi connectivity index (χ3v) is 5.64. The number of carbonyl (C=O) groups is 1. The largest absolute Gasteiger partial charge is 0.457 e. The highest BCUT2D eigenvalue weighted by atomic mass is 16.6. The Morgan fingerprint density at radius 2 is 1.47 bits per heavy atom. The molecule has 2 heterocycles. The van der Waals surface area contributed by atoms with Crippen LogP contribution in [0.25, 0.3) is 23.1 Å². The molecule has 3 aromatic carbocycles. The number of benzene rings is 3. The Kier molecular flexibility index (Phi) is 5.71. The van der Waals surface area contributed by atoms with Gasteiger partial charge >= 0.3 is 0 Å². The molecule has 9 heteroatoms. The number of nitro benzene ring substituents is 2. The molecule has 0 unspecified atom stereocenters. The second-order valence-electron chi connectivity index (χ2n) is 7.92. The van der Waals surface area contributed by atoms with Gasteiger partial charge in [0.25, 0.3) is 17.3 Å². The normalized spacial score (nSPS) is 14.2. The van der Waals surface area contributed by atoms with Gasteiger partial charge < -0.3 is 4.42 Å². The smallest absolute Gasteiger partial charge is 0.271 e. The van der Waals surface area contributed by atoms with Crippen molar-refractivity contribution in [2.75, 3.05) is 4.90 Å². The standard InChI is InChI=1S/C27H17N3O6/c31-27-20(15-24-13-14-26(36-24)19-9-11-21(12-10-19)29(32)33)16-25(18-5-2-1-3-6-18)28(27)22-7-4-8-23(17-22)30(34)35/h1-17H. The van der Waals surface area contributed by atoms with Crippen molar-refractivity contribution in [1.82, 2.24) is 0 Å². The van der Waals surface area contributed by atoms with Crippen LogP contribution in [0.2, 0.25) is 0 Å². The minimum Gasteiger partial charge on any atom is -0.457 e. The lowest BCUT2D eigenvalue weighted by molar-refractivity contribution is -0.385. The van der Waals surface area contributed by atoms with E-state index in [1.165, 1.54) is 35.2 Å². The average Bonchev–Trinajstić information content (AvgIpc) is 3.49. The Morgan fingerprint density at radius 3 is 2.17 bits per heavy atom. The van der Waals surface area contributed by atoms with Crippen molar-refractivity contribution in [3.8, 4) is 11.3 Å². The maximum atomic E-state index is 13.5. The topological polar surface area (TPSA) is 120 Å². The second-order valence-corrected chi connectivity index (χ2v) is 7.92. The summed E-state index contributed by atoms with van der Waals surface area (Å²) in [6, 6.07) is 24.5. The van der Waals surface area contributed by atoms with Crippen molar-refractivity contribution in [2.24, 2.45) is 0 Å². The van der Waals surface area contributed by atoms with E-state index in [0.717, 1.165) is 5.56 Å². The minimum atomic E-state index is -0.505. The predicted octanol–water partition coefficient (Wildman–Crippen LogP) is 6.23. The quantitative estimate of drug-likeness (QED) is 0.184. The second kappa shape index (κ2) is 9.15. The fraction of sp³-hybridized carbons (Fsp3) is 0. The first-order valence-electron chi connectivity index (χ1n) is 10.8. The molecule has 0 fully saturated rings. The zero-order chi connectivity index (χ0) is 25.2. The van der Waals surface area contributed by atoms with Gasteiger partial charge in [0, 0.05) is 35.4 Å². The summed E-state index contributed by atoms with van der Waals surface area (Å²) in [4.78, 5) is 36.1. The van der Waals surface area contributed by atoms with Gasteiger partial charge in [0.05, 0.1) is 21.2 Å². The lowest BCUT2D eigenvalue weighted by atomic mass is 10.1. The summed E-state index contributed by atoms with van der Waals surface area (Å²) in [5, 5.41) is 22.2. The van der Waals surface area contributed by atoms with E-state index in [0.29, 0.717) is 34.0 Å². The molecule has 0 saturated carbocycles. The van der Waals surface area contributed by atoms with E-state index < -0.39 is 9.85 Å². The van der Waals surface area contributed by atoms with E-state index in [1.807, 2.05) is 30.3 Å². The molecule has 0 aliphatic carbocycles. The summed E-state index contributed by atoms with van der Waals surface area (Å²) >= 11 is 0. The van der Waals surface area contributed by atoms with Crippen molar-refractivity contribution in [3.05, 3.63) is 134 Å². The van der Waals surface area contributed by atoms with Crippen LogP contribution in [0, 0.1) is 20.2 Å². The first kappa shape index (κ1) is 22.5. The van der Waals surface area contributed by atoms with Gasteiger partial charge in [0.1, 0.15) is 11.5 Å². The number of furan rings is 1. The van der Waals surface area contributed by atoms with Gasteiger partial charge in [0.2, 0.25) is 0 Å². The van der Waals surface area contributed by atoms with Gasteiger partial charge in [0.15, 0.2) is 0 Å². The number of rotatable bonds is 6. The average molecular weight is 479 g/mol. The summed E-state index contributed by atoms with van der Waals surface area (Å²) < 4.78 is 5.88. The highest BCUT2D eigenvalue weighted by molar-refractivity contribution is 6.23. The van der Waals surface area contributed by atoms with Gasteiger partial charge in [-0.2, -0.15) is 0 Å². The highest BCUT2D eigenvalue weighted by Crippen LogP contribution is 2.37. The Morgan fingerprint density at radius 1 is 0.750 bits per heavy atom. The number of non-ortho nitro benzene ring substituents is 2. The Hall–Kier alpha value is -5.31. The van der Waals surface area contributed by atoms with Crippen LogP contribution in [0.4, 0.5) is 17.1 Å². The minimum absolute atomic E-state index is 0.0241. The van der Waals surface area contributed by atoms with Gasteiger partial charge in [-0.15, -0.1) is 0 Å². The molecule has 0 saturated heterocycles. The van der Waals surface area contributed by atoms with Gasteiger partial charge in [-0.1, -0.05) is 36.4 Å². The molecular formula is C27H17N3O6. The first-order chi connectivity index (χ1) is 17.4. The molecule has 0 N–H and O–H groups in total. The lowest BCUT2D eigenvalue weighted by Gasteiger charge is -2.20. The summed E-state index contributed by atoms with van der Waals surface area (Å²) in [6.45, 7) is 0. The van der Waals surface area contributed by atoms with Crippen molar-refractivity contribution in [1.29, 1.82) is 0 Å². The monoisotopic (exact) mass is 479 g/mol. The molecular weight excluding hydrogens is 462 g/mol. The lowest BCUT2D eigenvalue weighted by Crippen LogP contribution is -2.25. The summed E-state index contributed by atoms with van der Waals surface area (Å²) in [5.74, 6) is 0.545. The van der Waals surface area contributed by atoms with Crippen LogP contribution < -0.4 is 4.90 Å². The Labute approximate surface area is 204 Å². The number of hydrogen-bond acceptors (Lipinski definition) is 6. The van der Waals surface area contributed by atoms with E-state index in [9.17, 15) is 25.0 Å². The van der Waals surface area contributed by atoms with Crippen molar-refractivity contribution in [3.63, 3.8) is 0 Å². The summed E-state index contributed by atoms with van der Waals surface area (Å²) in [7, 11) is 0. The molecule has 0 spiro atoms. The molecule has 0 bridgehead atoms. The number of carbonyl (C=O) groups excluding carboxylic acids is 1. The van der Waals surface area contributed by atoms with Crippen LogP contribution in [0.5, 0.6) is 0 Å². The predicted molar refractivity (Wildman–Crippen MR) is 134 cm³/mol. The zero-order valence-electron chi connectivity index (χ0n) is 18.6. The molecule has 5 rings (SSSR count). The first-order valence-corrected chi connectivity index (χ1v) is 10.8. The Balaban J connectivity index is 1.52. The molecule has 4 aromatic rings. The third kappa shape index (κ3) is 4.28. The fourth-order valence-electron chi connectivity index (χ4n) is 3.93. The molecule has 1 aromatic heterocycles. The molecule has 0 atom stereocenters. The third-order valence-electron chi connectivity index (χ3n) is 5.64. The van der Waals surface area contributed by atoms with Crippen molar-refractivity contribution >= 4 is 34.7 Å². The van der Waals surface area contributed by atoms with Crippen LogP contribution in [0.1, 0.15) is 11.3 Å². The van der Waals surface area contributed by atoms with E-state index in [-0.39, 0.29) is 17.3 Å². The maximum Gasteiger partial charge on any atom is 0.271 e. The number of nitrogens with zero attached hydrogens (tertiary/aromatic N) is 3. The molecule has 0 radical (unpaired) electrons. The zero-order valence-corrected chi connectivity index (χ0v) is 18.6. The van der Waals surface area contributed by atoms with Crippen LogP contribution in [-0.4, -0.2) is 15.8 Å². The van der Waals surface area contributed by atoms with Crippen LogP contribution >= 0.6 is 0 Å². The van der Waals surface area contributed by atoms with E-state index >= 15 is 0 Å². The molecule has 1 aliphatic heterocycles. The molecule has 9 nitrogen and oxygen atoms in total.